The SMILES string of the molecule is C[C@H](CS(=O)(=O)c1cn(C)c(C(=O)Nc2ccc(F)c(C#N)c2)c1F)C(F)(F)F. The van der Waals surface area contributed by atoms with Crippen LogP contribution in [-0.4, -0.2) is 30.8 Å². The predicted molar refractivity (Wildman–Crippen MR) is 91.7 cm³/mol. The predicted octanol–water partition coefficient (Wildman–Crippen LogP) is 3.40. The number of halogens is 5. The number of hydrogen-bond acceptors (Lipinski definition) is 4. The Labute approximate surface area is 162 Å². The highest BCUT2D eigenvalue weighted by molar-refractivity contribution is 7.91. The number of carbonyl (C=O) groups excluding carboxylic acids is 1. The highest BCUT2D eigenvalue weighted by Gasteiger charge is 2.40. The minimum atomic E-state index is -4.79. The summed E-state index contributed by atoms with van der Waals surface area (Å²) in [7, 11) is -3.55. The van der Waals surface area contributed by atoms with Crippen LogP contribution < -0.4 is 5.32 Å². The number of rotatable bonds is 5. The third kappa shape index (κ3) is 4.73. The highest BCUT2D eigenvalue weighted by Crippen LogP contribution is 2.30. The lowest BCUT2D eigenvalue weighted by Crippen LogP contribution is -2.27. The summed E-state index contributed by atoms with van der Waals surface area (Å²) >= 11 is 0. The molecule has 1 heterocycles. The number of nitriles is 1. The third-order valence-electron chi connectivity index (χ3n) is 4.01. The number of aryl methyl sites for hydroxylation is 1. The van der Waals surface area contributed by atoms with Crippen molar-refractivity contribution in [2.24, 2.45) is 13.0 Å². The van der Waals surface area contributed by atoms with Crippen molar-refractivity contribution in [1.82, 2.24) is 4.57 Å². The Morgan fingerprint density at radius 2 is 1.93 bits per heavy atom. The summed E-state index contributed by atoms with van der Waals surface area (Å²) in [6.07, 6.45) is -4.09. The lowest BCUT2D eigenvalue weighted by Gasteiger charge is -2.15. The number of hydrogen-bond donors (Lipinski definition) is 1. The number of benzene rings is 1. The standard InChI is InChI=1S/C17H14F5N3O3S/c1-9(17(20,21)22)8-29(27,28)13-7-25(2)15(14(13)19)16(26)24-11-3-4-12(18)10(5-11)6-23/h3-5,7,9H,8H2,1-2H3,(H,24,26)/t9-/m1/s1. The van der Waals surface area contributed by atoms with E-state index in [0.29, 0.717) is 13.1 Å². The number of nitrogens with zero attached hydrogens (tertiary/aromatic N) is 2. The van der Waals surface area contributed by atoms with Gasteiger partial charge >= 0.3 is 6.18 Å². The summed E-state index contributed by atoms with van der Waals surface area (Å²) in [4.78, 5) is 11.3. The molecule has 0 unspecified atom stereocenters. The van der Waals surface area contributed by atoms with Crippen LogP contribution >= 0.6 is 0 Å². The van der Waals surface area contributed by atoms with Gasteiger partial charge in [0, 0.05) is 18.9 Å². The van der Waals surface area contributed by atoms with Gasteiger partial charge in [-0.05, 0) is 18.2 Å². The Bertz CT molecular complexity index is 1100. The van der Waals surface area contributed by atoms with Crippen molar-refractivity contribution in [3.8, 4) is 6.07 Å². The molecule has 0 aliphatic rings. The molecule has 0 saturated heterocycles. The maximum atomic E-state index is 14.6. The summed E-state index contributed by atoms with van der Waals surface area (Å²) in [6.45, 7) is 0.646. The molecule has 0 fully saturated rings. The smallest absolute Gasteiger partial charge is 0.343 e. The van der Waals surface area contributed by atoms with E-state index < -0.39 is 55.8 Å². The van der Waals surface area contributed by atoms with Crippen LogP contribution in [0.1, 0.15) is 23.0 Å². The molecule has 1 aromatic heterocycles. The van der Waals surface area contributed by atoms with Crippen molar-refractivity contribution in [2.75, 3.05) is 11.1 Å². The van der Waals surface area contributed by atoms with Crippen LogP contribution in [0.4, 0.5) is 27.6 Å². The number of amides is 1. The molecular formula is C17H14F5N3O3S. The van der Waals surface area contributed by atoms with Crippen molar-refractivity contribution in [3.63, 3.8) is 0 Å². The van der Waals surface area contributed by atoms with Gasteiger partial charge in [0.15, 0.2) is 15.7 Å². The topological polar surface area (TPSA) is 92.0 Å². The lowest BCUT2D eigenvalue weighted by molar-refractivity contribution is -0.163. The van der Waals surface area contributed by atoms with Crippen molar-refractivity contribution in [3.05, 3.63) is 47.3 Å². The van der Waals surface area contributed by atoms with E-state index in [1.54, 1.807) is 6.07 Å². The molecule has 6 nitrogen and oxygen atoms in total. The number of carbonyl (C=O) groups is 1. The molecule has 0 aliphatic carbocycles. The molecule has 29 heavy (non-hydrogen) atoms. The van der Waals surface area contributed by atoms with Gasteiger partial charge in [-0.15, -0.1) is 0 Å². The zero-order valence-corrected chi connectivity index (χ0v) is 15.8. The maximum Gasteiger partial charge on any atom is 0.392 e. The quantitative estimate of drug-likeness (QED) is 0.729. The molecule has 1 amide bonds. The third-order valence-corrected chi connectivity index (χ3v) is 5.90. The average Bonchev–Trinajstić information content (AvgIpc) is 2.90. The summed E-state index contributed by atoms with van der Waals surface area (Å²) in [6, 6.07) is 4.52. The first-order chi connectivity index (χ1) is 13.3. The van der Waals surface area contributed by atoms with Gasteiger partial charge in [-0.3, -0.25) is 4.79 Å². The largest absolute Gasteiger partial charge is 0.392 e. The first-order valence-corrected chi connectivity index (χ1v) is 9.58. The average molecular weight is 435 g/mol. The number of nitrogens with one attached hydrogen (secondary N) is 1. The van der Waals surface area contributed by atoms with E-state index in [4.69, 9.17) is 5.26 Å². The Balaban J connectivity index is 2.36. The first kappa shape index (κ1) is 22.4. The summed E-state index contributed by atoms with van der Waals surface area (Å²) in [5, 5.41) is 11.0. The van der Waals surface area contributed by atoms with Crippen LogP contribution in [0, 0.1) is 28.9 Å². The summed E-state index contributed by atoms with van der Waals surface area (Å²) < 4.78 is 91.2. The van der Waals surface area contributed by atoms with E-state index in [0.717, 1.165) is 29.8 Å². The Hall–Kier alpha value is -2.94. The molecule has 0 saturated carbocycles. The van der Waals surface area contributed by atoms with Gasteiger partial charge in [-0.2, -0.15) is 18.4 Å². The maximum absolute atomic E-state index is 14.6. The number of alkyl halides is 3. The fraction of sp³-hybridized carbons (Fsp3) is 0.294. The van der Waals surface area contributed by atoms with Crippen molar-refractivity contribution in [1.29, 1.82) is 5.26 Å². The van der Waals surface area contributed by atoms with E-state index in [2.05, 4.69) is 5.32 Å². The fourth-order valence-corrected chi connectivity index (χ4v) is 4.15. The number of aromatic nitrogens is 1. The van der Waals surface area contributed by atoms with E-state index in [9.17, 15) is 35.2 Å². The lowest BCUT2D eigenvalue weighted by atomic mass is 10.2. The molecular weight excluding hydrogens is 421 g/mol. The normalized spacial score (nSPS) is 13.0. The van der Waals surface area contributed by atoms with Crippen molar-refractivity contribution >= 4 is 21.4 Å². The van der Waals surface area contributed by atoms with Gasteiger partial charge in [0.05, 0.1) is 17.2 Å². The van der Waals surface area contributed by atoms with E-state index in [1.807, 2.05) is 0 Å². The van der Waals surface area contributed by atoms with Crippen LogP contribution in [0.15, 0.2) is 29.3 Å². The molecule has 0 bridgehead atoms. The Kier molecular flexibility index (Phi) is 6.03. The molecule has 12 heteroatoms. The number of anilines is 1. The van der Waals surface area contributed by atoms with E-state index in [-0.39, 0.29) is 11.3 Å². The van der Waals surface area contributed by atoms with Gasteiger partial charge in [-0.1, -0.05) is 6.92 Å². The molecule has 2 aromatic rings. The second-order valence-corrected chi connectivity index (χ2v) is 8.25. The molecule has 0 spiro atoms. The first-order valence-electron chi connectivity index (χ1n) is 7.93. The van der Waals surface area contributed by atoms with Crippen molar-refractivity contribution < 1.29 is 35.2 Å². The zero-order valence-electron chi connectivity index (χ0n) is 15.0. The Morgan fingerprint density at radius 3 is 2.48 bits per heavy atom. The van der Waals surface area contributed by atoms with Gasteiger partial charge in [0.1, 0.15) is 22.5 Å². The number of sulfone groups is 1. The van der Waals surface area contributed by atoms with Gasteiger partial charge in [0.2, 0.25) is 0 Å². The molecule has 0 aliphatic heterocycles. The van der Waals surface area contributed by atoms with Crippen LogP contribution in [0.2, 0.25) is 0 Å². The van der Waals surface area contributed by atoms with E-state index in [1.165, 1.54) is 0 Å². The second kappa shape index (κ2) is 7.82. The van der Waals surface area contributed by atoms with Gasteiger partial charge in [-0.25, -0.2) is 17.2 Å². The molecule has 1 aromatic carbocycles. The van der Waals surface area contributed by atoms with E-state index >= 15 is 0 Å². The highest BCUT2D eigenvalue weighted by atomic mass is 32.2. The fourth-order valence-electron chi connectivity index (χ4n) is 2.44. The summed E-state index contributed by atoms with van der Waals surface area (Å²) in [5.41, 5.74) is -1.21. The minimum Gasteiger partial charge on any atom is -0.343 e. The van der Waals surface area contributed by atoms with Crippen LogP contribution in [0.25, 0.3) is 0 Å². The zero-order chi connectivity index (χ0) is 22.1. The second-order valence-electron chi connectivity index (χ2n) is 6.25. The van der Waals surface area contributed by atoms with Gasteiger partial charge < -0.3 is 9.88 Å². The van der Waals surface area contributed by atoms with Crippen LogP contribution in [-0.2, 0) is 16.9 Å². The molecule has 1 N–H and O–H groups in total. The molecule has 2 rings (SSSR count). The van der Waals surface area contributed by atoms with Crippen LogP contribution in [0.5, 0.6) is 0 Å². The summed E-state index contributed by atoms with van der Waals surface area (Å²) in [5.74, 6) is -7.12. The Morgan fingerprint density at radius 1 is 1.31 bits per heavy atom. The molecule has 156 valence electrons. The minimum absolute atomic E-state index is 0.0661. The van der Waals surface area contributed by atoms with Gasteiger partial charge in [0.25, 0.3) is 5.91 Å². The van der Waals surface area contributed by atoms with Crippen molar-refractivity contribution in [2.45, 2.75) is 18.0 Å². The monoisotopic (exact) mass is 435 g/mol. The molecule has 1 atom stereocenters. The molecule has 0 radical (unpaired) electrons. The van der Waals surface area contributed by atoms with Crippen LogP contribution in [0.3, 0.4) is 0 Å².